The smallest absolute Gasteiger partial charge is 0.237 e. The highest BCUT2D eigenvalue weighted by Crippen LogP contribution is 2.21. The molecule has 0 saturated heterocycles. The second-order valence-corrected chi connectivity index (χ2v) is 5.04. The van der Waals surface area contributed by atoms with E-state index in [0.717, 1.165) is 23.7 Å². The number of aromatic nitrogens is 1. The third-order valence-electron chi connectivity index (χ3n) is 1.88. The van der Waals surface area contributed by atoms with E-state index in [1.165, 1.54) is 0 Å². The van der Waals surface area contributed by atoms with E-state index >= 15 is 0 Å². The van der Waals surface area contributed by atoms with Crippen LogP contribution in [0.5, 0.6) is 5.88 Å². The minimum atomic E-state index is 0.153. The summed E-state index contributed by atoms with van der Waals surface area (Å²) in [6.45, 7) is 7.12. The van der Waals surface area contributed by atoms with E-state index in [0.29, 0.717) is 5.88 Å². The Bertz CT molecular complexity index is 305. The fraction of sp³-hybridized carbons (Fsp3) is 0.583. The summed E-state index contributed by atoms with van der Waals surface area (Å²) in [5.74, 6) is 2.95. The van der Waals surface area contributed by atoms with E-state index in [-0.39, 0.29) is 6.10 Å². The second kappa shape index (κ2) is 7.39. The Labute approximate surface area is 102 Å². The Balaban J connectivity index is 2.50. The predicted octanol–water partition coefficient (Wildman–Crippen LogP) is 3.03. The van der Waals surface area contributed by atoms with E-state index in [9.17, 15) is 0 Å². The van der Waals surface area contributed by atoms with Crippen LogP contribution in [0.25, 0.3) is 0 Å². The molecule has 0 fully saturated rings. The first-order valence-corrected chi connectivity index (χ1v) is 6.82. The van der Waals surface area contributed by atoms with E-state index in [4.69, 9.17) is 4.74 Å². The summed E-state index contributed by atoms with van der Waals surface area (Å²) in [7, 11) is 0. The highest BCUT2D eigenvalue weighted by molar-refractivity contribution is 7.99. The van der Waals surface area contributed by atoms with Crippen molar-refractivity contribution in [3.8, 4) is 5.88 Å². The minimum Gasteiger partial charge on any atom is -0.473 e. The molecule has 0 unspecified atom stereocenters. The molecule has 0 radical (unpaired) electrons. The lowest BCUT2D eigenvalue weighted by atomic mass is 10.4. The zero-order valence-electron chi connectivity index (χ0n) is 10.2. The quantitative estimate of drug-likeness (QED) is 0.743. The van der Waals surface area contributed by atoms with Crippen molar-refractivity contribution >= 4 is 17.4 Å². The van der Waals surface area contributed by atoms with Crippen LogP contribution in [-0.4, -0.2) is 29.1 Å². The van der Waals surface area contributed by atoms with Gasteiger partial charge in [-0.2, -0.15) is 11.8 Å². The second-order valence-electron chi connectivity index (χ2n) is 3.65. The molecule has 3 nitrogen and oxygen atoms in total. The number of hydrogen-bond acceptors (Lipinski definition) is 4. The molecule has 1 rings (SSSR count). The zero-order valence-corrected chi connectivity index (χ0v) is 11.0. The van der Waals surface area contributed by atoms with Gasteiger partial charge in [-0.15, -0.1) is 0 Å². The van der Waals surface area contributed by atoms with Crippen molar-refractivity contribution in [1.29, 1.82) is 0 Å². The number of nitrogens with zero attached hydrogens (tertiary/aromatic N) is 1. The van der Waals surface area contributed by atoms with Crippen molar-refractivity contribution in [3.05, 3.63) is 18.3 Å². The fourth-order valence-corrected chi connectivity index (χ4v) is 1.78. The summed E-state index contributed by atoms with van der Waals surface area (Å²) in [4.78, 5) is 4.23. The molecule has 0 spiro atoms. The molecule has 0 aliphatic heterocycles. The van der Waals surface area contributed by atoms with Gasteiger partial charge < -0.3 is 10.1 Å². The Kier molecular flexibility index (Phi) is 6.08. The number of hydrogen-bond donors (Lipinski definition) is 1. The van der Waals surface area contributed by atoms with Gasteiger partial charge in [0.1, 0.15) is 0 Å². The van der Waals surface area contributed by atoms with Crippen LogP contribution in [0.1, 0.15) is 20.8 Å². The Morgan fingerprint density at radius 1 is 1.50 bits per heavy atom. The van der Waals surface area contributed by atoms with Gasteiger partial charge in [0, 0.05) is 18.5 Å². The summed E-state index contributed by atoms with van der Waals surface area (Å²) in [6.07, 6.45) is 1.91. The van der Waals surface area contributed by atoms with Gasteiger partial charge >= 0.3 is 0 Å². The normalized spacial score (nSPS) is 10.5. The predicted molar refractivity (Wildman–Crippen MR) is 71.5 cm³/mol. The van der Waals surface area contributed by atoms with E-state index in [1.807, 2.05) is 37.7 Å². The zero-order chi connectivity index (χ0) is 11.8. The largest absolute Gasteiger partial charge is 0.473 e. The lowest BCUT2D eigenvalue weighted by Crippen LogP contribution is -2.11. The van der Waals surface area contributed by atoms with Crippen LogP contribution in [0.15, 0.2) is 18.3 Å². The maximum atomic E-state index is 5.62. The lowest BCUT2D eigenvalue weighted by Gasteiger charge is -2.13. The molecule has 0 aromatic carbocycles. The molecule has 0 aliphatic carbocycles. The third-order valence-corrected chi connectivity index (χ3v) is 2.79. The molecule has 0 atom stereocenters. The highest BCUT2D eigenvalue weighted by Gasteiger charge is 2.05. The van der Waals surface area contributed by atoms with Crippen LogP contribution in [0.3, 0.4) is 0 Å². The molecule has 1 aromatic heterocycles. The topological polar surface area (TPSA) is 34.2 Å². The maximum absolute atomic E-state index is 5.62. The highest BCUT2D eigenvalue weighted by atomic mass is 32.2. The molecule has 0 amide bonds. The summed E-state index contributed by atoms with van der Waals surface area (Å²) < 4.78 is 5.62. The van der Waals surface area contributed by atoms with Crippen molar-refractivity contribution in [2.45, 2.75) is 26.9 Å². The average Bonchev–Trinajstić information content (AvgIpc) is 2.26. The first-order chi connectivity index (χ1) is 7.74. The van der Waals surface area contributed by atoms with Crippen molar-refractivity contribution in [2.24, 2.45) is 0 Å². The summed E-state index contributed by atoms with van der Waals surface area (Å²) >= 11 is 1.92. The van der Waals surface area contributed by atoms with Crippen molar-refractivity contribution in [1.82, 2.24) is 4.98 Å². The standard InChI is InChI=1S/C12H20N2OS/c1-4-16-9-8-13-11-6-5-7-14-12(11)15-10(2)3/h5-7,10,13H,4,8-9H2,1-3H3. The number of pyridine rings is 1. The summed E-state index contributed by atoms with van der Waals surface area (Å²) in [6, 6.07) is 3.92. The van der Waals surface area contributed by atoms with Crippen LogP contribution in [0.2, 0.25) is 0 Å². The molecule has 90 valence electrons. The molecule has 0 aliphatic rings. The number of nitrogens with one attached hydrogen (secondary N) is 1. The first kappa shape index (κ1) is 13.2. The van der Waals surface area contributed by atoms with Crippen LogP contribution in [0, 0.1) is 0 Å². The van der Waals surface area contributed by atoms with E-state index in [2.05, 4.69) is 17.2 Å². The van der Waals surface area contributed by atoms with Crippen LogP contribution < -0.4 is 10.1 Å². The molecule has 1 N–H and O–H groups in total. The number of rotatable bonds is 7. The summed E-state index contributed by atoms with van der Waals surface area (Å²) in [5.41, 5.74) is 0.980. The van der Waals surface area contributed by atoms with E-state index in [1.54, 1.807) is 6.20 Å². The third kappa shape index (κ3) is 4.75. The Morgan fingerprint density at radius 3 is 3.00 bits per heavy atom. The average molecular weight is 240 g/mol. The molecule has 1 aromatic rings. The van der Waals surface area contributed by atoms with Gasteiger partial charge in [0.05, 0.1) is 11.8 Å². The molecule has 1 heterocycles. The van der Waals surface area contributed by atoms with Gasteiger partial charge in [-0.1, -0.05) is 6.92 Å². The molecule has 4 heteroatoms. The van der Waals surface area contributed by atoms with Crippen molar-refractivity contribution in [3.63, 3.8) is 0 Å². The van der Waals surface area contributed by atoms with E-state index < -0.39 is 0 Å². The first-order valence-electron chi connectivity index (χ1n) is 5.67. The lowest BCUT2D eigenvalue weighted by molar-refractivity contribution is 0.234. The fourth-order valence-electron chi connectivity index (χ4n) is 1.24. The molecular formula is C12H20N2OS. The Morgan fingerprint density at radius 2 is 2.31 bits per heavy atom. The van der Waals surface area contributed by atoms with Gasteiger partial charge in [-0.05, 0) is 31.7 Å². The maximum Gasteiger partial charge on any atom is 0.237 e. The van der Waals surface area contributed by atoms with Crippen molar-refractivity contribution in [2.75, 3.05) is 23.4 Å². The van der Waals surface area contributed by atoms with Gasteiger partial charge in [0.25, 0.3) is 0 Å². The number of anilines is 1. The van der Waals surface area contributed by atoms with Crippen LogP contribution >= 0.6 is 11.8 Å². The molecule has 16 heavy (non-hydrogen) atoms. The van der Waals surface area contributed by atoms with Crippen molar-refractivity contribution < 1.29 is 4.74 Å². The Hall–Kier alpha value is -0.900. The monoisotopic (exact) mass is 240 g/mol. The summed E-state index contributed by atoms with van der Waals surface area (Å²) in [5, 5.41) is 3.35. The minimum absolute atomic E-state index is 0.153. The van der Waals surface area contributed by atoms with Gasteiger partial charge in [-0.25, -0.2) is 4.98 Å². The van der Waals surface area contributed by atoms with Gasteiger partial charge in [0.2, 0.25) is 5.88 Å². The number of thioether (sulfide) groups is 1. The van der Waals surface area contributed by atoms with Crippen LogP contribution in [0.4, 0.5) is 5.69 Å². The SMILES string of the molecule is CCSCCNc1cccnc1OC(C)C. The van der Waals surface area contributed by atoms with Gasteiger partial charge in [0.15, 0.2) is 0 Å². The number of ether oxygens (including phenoxy) is 1. The molecule has 0 bridgehead atoms. The molecular weight excluding hydrogens is 220 g/mol. The van der Waals surface area contributed by atoms with Crippen LogP contribution in [-0.2, 0) is 0 Å². The molecule has 0 saturated carbocycles. The van der Waals surface area contributed by atoms with Gasteiger partial charge in [-0.3, -0.25) is 0 Å².